The highest BCUT2D eigenvalue weighted by atomic mass is 32.2. The van der Waals surface area contributed by atoms with Crippen molar-refractivity contribution >= 4 is 28.6 Å². The van der Waals surface area contributed by atoms with Gasteiger partial charge in [-0.25, -0.2) is 0 Å². The Morgan fingerprint density at radius 3 is 2.80 bits per heavy atom. The fraction of sp³-hybridized carbons (Fsp3) is 0.318. The van der Waals surface area contributed by atoms with Crippen molar-refractivity contribution in [1.29, 1.82) is 0 Å². The summed E-state index contributed by atoms with van der Waals surface area (Å²) in [5, 5.41) is 13.6. The lowest BCUT2D eigenvalue weighted by atomic mass is 10.1. The van der Waals surface area contributed by atoms with E-state index in [1.54, 1.807) is 6.26 Å². The van der Waals surface area contributed by atoms with Crippen molar-refractivity contribution in [2.45, 2.75) is 38.5 Å². The second kappa shape index (κ2) is 8.79. The summed E-state index contributed by atoms with van der Waals surface area (Å²) in [5.74, 6) is 2.19. The van der Waals surface area contributed by atoms with E-state index >= 15 is 0 Å². The van der Waals surface area contributed by atoms with Crippen LogP contribution in [0, 0.1) is 5.92 Å². The van der Waals surface area contributed by atoms with Crippen LogP contribution in [0.2, 0.25) is 0 Å². The first-order valence-electron chi connectivity index (χ1n) is 9.97. The van der Waals surface area contributed by atoms with Crippen LogP contribution in [0.25, 0.3) is 22.3 Å². The minimum Gasteiger partial charge on any atom is -0.467 e. The maximum Gasteiger partial charge on any atom is 0.230 e. The molecule has 0 spiro atoms. The molecule has 4 rings (SSSR count). The van der Waals surface area contributed by atoms with E-state index in [0.29, 0.717) is 17.6 Å². The van der Waals surface area contributed by atoms with E-state index in [-0.39, 0.29) is 17.7 Å². The number of benzene rings is 1. The Hall–Kier alpha value is -3.00. The van der Waals surface area contributed by atoms with Crippen molar-refractivity contribution in [1.82, 2.24) is 25.1 Å². The van der Waals surface area contributed by atoms with Gasteiger partial charge in [0.15, 0.2) is 11.0 Å². The first-order valence-corrected chi connectivity index (χ1v) is 11.0. The summed E-state index contributed by atoms with van der Waals surface area (Å²) >= 11 is 1.38. The van der Waals surface area contributed by atoms with Crippen LogP contribution in [-0.4, -0.2) is 37.5 Å². The molecule has 3 aromatic heterocycles. The minimum atomic E-state index is -0.0117. The molecule has 0 fully saturated rings. The number of fused-ring (bicyclic) bond motifs is 1. The number of thioether (sulfide) groups is 1. The Balaban J connectivity index is 1.62. The zero-order valence-electron chi connectivity index (χ0n) is 17.3. The number of hydrogen-bond acceptors (Lipinski definition) is 5. The summed E-state index contributed by atoms with van der Waals surface area (Å²) in [5.41, 5.74) is 2.01. The summed E-state index contributed by atoms with van der Waals surface area (Å²) in [7, 11) is 0. The van der Waals surface area contributed by atoms with Gasteiger partial charge in [-0.1, -0.05) is 43.8 Å². The van der Waals surface area contributed by atoms with Gasteiger partial charge in [0, 0.05) is 28.7 Å². The highest BCUT2D eigenvalue weighted by Gasteiger charge is 2.20. The second-order valence-electron chi connectivity index (χ2n) is 7.61. The second-order valence-corrected chi connectivity index (χ2v) is 8.55. The van der Waals surface area contributed by atoms with Crippen molar-refractivity contribution in [2.24, 2.45) is 5.92 Å². The van der Waals surface area contributed by atoms with Gasteiger partial charge in [-0.2, -0.15) is 0 Å². The number of nitrogens with one attached hydrogen (secondary N) is 2. The molecule has 1 unspecified atom stereocenters. The normalized spacial score (nSPS) is 12.5. The van der Waals surface area contributed by atoms with Gasteiger partial charge in [-0.05, 0) is 31.0 Å². The summed E-state index contributed by atoms with van der Waals surface area (Å²) in [6, 6.07) is 12.0. The molecule has 0 aliphatic heterocycles. The Morgan fingerprint density at radius 1 is 1.20 bits per heavy atom. The number of furan rings is 1. The number of H-pyrrole nitrogens is 1. The lowest BCUT2D eigenvalue weighted by molar-refractivity contribution is -0.119. The molecule has 30 heavy (non-hydrogen) atoms. The van der Waals surface area contributed by atoms with E-state index in [9.17, 15) is 4.79 Å². The predicted molar refractivity (Wildman–Crippen MR) is 118 cm³/mol. The van der Waals surface area contributed by atoms with E-state index in [1.165, 1.54) is 11.8 Å². The van der Waals surface area contributed by atoms with E-state index < -0.39 is 0 Å². The van der Waals surface area contributed by atoms with Gasteiger partial charge in [0.05, 0.1) is 18.6 Å². The highest BCUT2D eigenvalue weighted by Crippen LogP contribution is 2.30. The number of aromatic amines is 1. The quantitative estimate of drug-likeness (QED) is 0.412. The maximum absolute atomic E-state index is 12.4. The number of carbonyl (C=O) groups excluding carboxylic acids is 1. The van der Waals surface area contributed by atoms with E-state index in [0.717, 1.165) is 28.1 Å². The number of rotatable bonds is 8. The van der Waals surface area contributed by atoms with Gasteiger partial charge in [0.1, 0.15) is 5.76 Å². The fourth-order valence-corrected chi connectivity index (χ4v) is 3.89. The number of para-hydroxylation sites is 1. The lowest BCUT2D eigenvalue weighted by Crippen LogP contribution is -2.37. The fourth-order valence-electron chi connectivity index (χ4n) is 3.14. The van der Waals surface area contributed by atoms with Gasteiger partial charge >= 0.3 is 0 Å². The van der Waals surface area contributed by atoms with Crippen molar-refractivity contribution in [2.75, 3.05) is 5.75 Å². The zero-order valence-corrected chi connectivity index (χ0v) is 18.1. The molecule has 1 atom stereocenters. The molecule has 4 aromatic rings. The van der Waals surface area contributed by atoms with Gasteiger partial charge in [-0.3, -0.25) is 9.36 Å². The van der Waals surface area contributed by atoms with Crippen molar-refractivity contribution < 1.29 is 9.21 Å². The third-order valence-electron chi connectivity index (χ3n) is 5.16. The molecular weight excluding hydrogens is 398 g/mol. The van der Waals surface area contributed by atoms with Crippen LogP contribution in [0.3, 0.4) is 0 Å². The molecule has 1 amide bonds. The number of amides is 1. The molecule has 2 N–H and O–H groups in total. The van der Waals surface area contributed by atoms with Crippen LogP contribution in [0.5, 0.6) is 0 Å². The van der Waals surface area contributed by atoms with E-state index in [1.807, 2.05) is 48.0 Å². The first-order chi connectivity index (χ1) is 14.5. The summed E-state index contributed by atoms with van der Waals surface area (Å²) in [6.45, 7) is 6.68. The van der Waals surface area contributed by atoms with Gasteiger partial charge in [0.2, 0.25) is 5.91 Å². The number of aromatic nitrogens is 4. The Kier molecular flexibility index (Phi) is 5.94. The van der Waals surface area contributed by atoms with Gasteiger partial charge < -0.3 is 14.7 Å². The molecule has 3 heterocycles. The lowest BCUT2D eigenvalue weighted by Gasteiger charge is -2.17. The third-order valence-corrected chi connectivity index (χ3v) is 6.13. The third kappa shape index (κ3) is 4.28. The van der Waals surface area contributed by atoms with Crippen LogP contribution in [0.1, 0.15) is 26.5 Å². The smallest absolute Gasteiger partial charge is 0.230 e. The minimum absolute atomic E-state index is 0.0117. The van der Waals surface area contributed by atoms with Crippen LogP contribution in [0.4, 0.5) is 0 Å². The molecule has 0 aliphatic rings. The monoisotopic (exact) mass is 423 g/mol. The van der Waals surface area contributed by atoms with Gasteiger partial charge in [-0.15, -0.1) is 10.2 Å². The van der Waals surface area contributed by atoms with E-state index in [4.69, 9.17) is 4.42 Å². The average molecular weight is 424 g/mol. The van der Waals surface area contributed by atoms with Crippen molar-refractivity contribution in [3.8, 4) is 11.4 Å². The molecule has 0 saturated carbocycles. The van der Waals surface area contributed by atoms with E-state index in [2.05, 4.69) is 40.4 Å². The van der Waals surface area contributed by atoms with Crippen LogP contribution in [-0.2, 0) is 11.3 Å². The number of hydrogen-bond donors (Lipinski definition) is 2. The molecule has 7 nitrogen and oxygen atoms in total. The summed E-state index contributed by atoms with van der Waals surface area (Å²) in [4.78, 5) is 15.6. The standard InChI is InChI=1S/C22H25N5O2S/c1-14(2)15(3)24-20(28)13-30-22-26-25-21(27(22)12-16-7-6-10-29-16)18-11-23-19-9-5-4-8-17(18)19/h4-11,14-15,23H,12-13H2,1-3H3,(H,24,28). The highest BCUT2D eigenvalue weighted by molar-refractivity contribution is 7.99. The molecule has 0 saturated heterocycles. The topological polar surface area (TPSA) is 88.7 Å². The SMILES string of the molecule is CC(C)C(C)NC(=O)CSc1nnc(-c2c[nH]c3ccccc23)n1Cc1ccco1. The zero-order chi connectivity index (χ0) is 21.1. The predicted octanol–water partition coefficient (Wildman–Crippen LogP) is 4.32. The largest absolute Gasteiger partial charge is 0.467 e. The van der Waals surface area contributed by atoms with Crippen molar-refractivity contribution in [3.63, 3.8) is 0 Å². The van der Waals surface area contributed by atoms with Gasteiger partial charge in [0.25, 0.3) is 0 Å². The molecule has 0 radical (unpaired) electrons. The Labute approximate surface area is 179 Å². The molecule has 1 aromatic carbocycles. The molecule has 8 heteroatoms. The molecule has 156 valence electrons. The number of carbonyl (C=O) groups is 1. The maximum atomic E-state index is 12.4. The Bertz CT molecular complexity index is 1130. The first kappa shape index (κ1) is 20.3. The molecule has 0 bridgehead atoms. The molecular formula is C22H25N5O2S. The Morgan fingerprint density at radius 2 is 2.03 bits per heavy atom. The van der Waals surface area contributed by atoms with Crippen LogP contribution in [0.15, 0.2) is 58.4 Å². The van der Waals surface area contributed by atoms with Crippen LogP contribution < -0.4 is 5.32 Å². The average Bonchev–Trinajstić information content (AvgIpc) is 3.46. The summed E-state index contributed by atoms with van der Waals surface area (Å²) in [6.07, 6.45) is 3.59. The van der Waals surface area contributed by atoms with Crippen molar-refractivity contribution in [3.05, 3.63) is 54.6 Å². The molecule has 0 aliphatic carbocycles. The summed E-state index contributed by atoms with van der Waals surface area (Å²) < 4.78 is 7.55. The number of nitrogens with zero attached hydrogens (tertiary/aromatic N) is 3. The van der Waals surface area contributed by atoms with Crippen LogP contribution >= 0.6 is 11.8 Å².